The summed E-state index contributed by atoms with van der Waals surface area (Å²) in [6, 6.07) is 3.62. The second-order valence-corrected chi connectivity index (χ2v) is 4.03. The Kier molecular flexibility index (Phi) is 5.15. The molecule has 0 spiro atoms. The number of carbonyl (C=O) groups excluding carboxylic acids is 2. The Hall–Kier alpha value is -2.26. The molecule has 5 heteroatoms. The Balaban J connectivity index is 3.20. The lowest BCUT2D eigenvalue weighted by Crippen LogP contribution is -2.44. The van der Waals surface area contributed by atoms with Crippen LogP contribution < -0.4 is 0 Å². The van der Waals surface area contributed by atoms with Crippen LogP contribution in [0.15, 0.2) is 42.9 Å². The zero-order chi connectivity index (χ0) is 14.3. The first-order valence-corrected chi connectivity index (χ1v) is 5.72. The maximum Gasteiger partial charge on any atom is 0.325 e. The van der Waals surface area contributed by atoms with E-state index in [9.17, 15) is 9.59 Å². The van der Waals surface area contributed by atoms with Crippen molar-refractivity contribution in [2.24, 2.45) is 5.41 Å². The maximum absolute atomic E-state index is 12.1. The molecular formula is C14H17NO4. The topological polar surface area (TPSA) is 57.5 Å². The second-order valence-electron chi connectivity index (χ2n) is 4.03. The van der Waals surface area contributed by atoms with E-state index in [0.717, 1.165) is 0 Å². The van der Waals surface area contributed by atoms with Crippen molar-refractivity contribution in [2.45, 2.75) is 13.0 Å². The highest BCUT2D eigenvalue weighted by molar-refractivity contribution is 6.00. The van der Waals surface area contributed by atoms with Crippen LogP contribution in [0.1, 0.15) is 6.42 Å². The molecule has 0 unspecified atom stereocenters. The molecule has 0 atom stereocenters. The summed E-state index contributed by atoms with van der Waals surface area (Å²) in [5.41, 5.74) is 1.14. The minimum atomic E-state index is -1.42. The van der Waals surface area contributed by atoms with Crippen molar-refractivity contribution in [1.82, 2.24) is 4.57 Å². The molecule has 0 amide bonds. The molecule has 1 aromatic rings. The standard InChI is InChI=1S/C14H17NO4/c1-4-5-8-14(12(16)18-2,13(17)19-3)11-15-9-6-7-10-15/h5-7,9-10H,1,8,11H2,2-3H3. The van der Waals surface area contributed by atoms with E-state index in [-0.39, 0.29) is 13.0 Å². The van der Waals surface area contributed by atoms with Gasteiger partial charge in [-0.1, -0.05) is 6.58 Å². The third-order valence-electron chi connectivity index (χ3n) is 2.87. The van der Waals surface area contributed by atoms with Crippen molar-refractivity contribution >= 4 is 11.9 Å². The van der Waals surface area contributed by atoms with Gasteiger partial charge >= 0.3 is 11.9 Å². The lowest BCUT2D eigenvalue weighted by molar-refractivity contribution is -0.170. The van der Waals surface area contributed by atoms with Gasteiger partial charge in [-0.3, -0.25) is 9.59 Å². The van der Waals surface area contributed by atoms with Gasteiger partial charge in [-0.05, 0) is 18.2 Å². The number of allylic oxidation sites excluding steroid dienone is 1. The van der Waals surface area contributed by atoms with Crippen LogP contribution >= 0.6 is 0 Å². The van der Waals surface area contributed by atoms with E-state index in [1.807, 2.05) is 12.1 Å². The molecule has 1 rings (SSSR count). The molecular weight excluding hydrogens is 246 g/mol. The summed E-state index contributed by atoms with van der Waals surface area (Å²) in [6.45, 7) is 3.58. The molecule has 0 aliphatic heterocycles. The first-order valence-electron chi connectivity index (χ1n) is 5.72. The van der Waals surface area contributed by atoms with Crippen LogP contribution in [0.4, 0.5) is 0 Å². The molecule has 0 saturated carbocycles. The summed E-state index contributed by atoms with van der Waals surface area (Å²) in [5.74, 6) is -1.28. The highest BCUT2D eigenvalue weighted by Gasteiger charge is 2.48. The molecule has 0 aliphatic rings. The van der Waals surface area contributed by atoms with E-state index in [0.29, 0.717) is 0 Å². The van der Waals surface area contributed by atoms with Crippen molar-refractivity contribution in [3.05, 3.63) is 42.9 Å². The normalized spacial score (nSPS) is 10.4. The first kappa shape index (κ1) is 14.8. The fraction of sp³-hybridized carbons (Fsp3) is 0.357. The third-order valence-corrected chi connectivity index (χ3v) is 2.87. The minimum absolute atomic E-state index is 0.119. The summed E-state index contributed by atoms with van der Waals surface area (Å²) >= 11 is 0. The van der Waals surface area contributed by atoms with Crippen LogP contribution in [0.5, 0.6) is 0 Å². The molecule has 0 saturated heterocycles. The largest absolute Gasteiger partial charge is 0.468 e. The number of ether oxygens (including phenoxy) is 2. The molecule has 0 N–H and O–H groups in total. The van der Waals surface area contributed by atoms with Gasteiger partial charge in [0.25, 0.3) is 0 Å². The van der Waals surface area contributed by atoms with Gasteiger partial charge in [-0.2, -0.15) is 0 Å². The van der Waals surface area contributed by atoms with Crippen molar-refractivity contribution in [3.8, 4) is 0 Å². The monoisotopic (exact) mass is 263 g/mol. The summed E-state index contributed by atoms with van der Waals surface area (Å²) < 4.78 is 11.3. The molecule has 0 fully saturated rings. The average Bonchev–Trinajstić information content (AvgIpc) is 2.94. The number of esters is 2. The SMILES string of the molecule is C=C=CCC(Cn1cccc1)(C(=O)OC)C(=O)OC. The molecule has 0 aromatic carbocycles. The first-order chi connectivity index (χ1) is 9.10. The number of nitrogens with zero attached hydrogens (tertiary/aromatic N) is 1. The molecule has 19 heavy (non-hydrogen) atoms. The van der Waals surface area contributed by atoms with Gasteiger partial charge in [0.15, 0.2) is 5.41 Å². The average molecular weight is 263 g/mol. The number of hydrogen-bond donors (Lipinski definition) is 0. The summed E-state index contributed by atoms with van der Waals surface area (Å²) in [5, 5.41) is 0. The van der Waals surface area contributed by atoms with Gasteiger partial charge < -0.3 is 14.0 Å². The molecule has 1 aromatic heterocycles. The van der Waals surface area contributed by atoms with Crippen LogP contribution in [0.25, 0.3) is 0 Å². The van der Waals surface area contributed by atoms with Crippen LogP contribution in [0.2, 0.25) is 0 Å². The highest BCUT2D eigenvalue weighted by atomic mass is 16.5. The van der Waals surface area contributed by atoms with E-state index in [1.54, 1.807) is 17.0 Å². The maximum atomic E-state index is 12.1. The van der Waals surface area contributed by atoms with Crippen molar-refractivity contribution in [2.75, 3.05) is 14.2 Å². The summed E-state index contributed by atoms with van der Waals surface area (Å²) in [6.07, 6.45) is 5.17. The molecule has 5 nitrogen and oxygen atoms in total. The van der Waals surface area contributed by atoms with Crippen LogP contribution in [-0.2, 0) is 25.6 Å². The molecule has 0 bridgehead atoms. The number of aromatic nitrogens is 1. The predicted octanol–water partition coefficient (Wildman–Crippen LogP) is 1.55. The Morgan fingerprint density at radius 2 is 1.79 bits per heavy atom. The van der Waals surface area contributed by atoms with Gasteiger partial charge in [0.2, 0.25) is 0 Å². The molecule has 0 radical (unpaired) electrons. The van der Waals surface area contributed by atoms with Gasteiger partial charge in [0.1, 0.15) is 0 Å². The smallest absolute Gasteiger partial charge is 0.325 e. The van der Waals surface area contributed by atoms with Crippen LogP contribution in [0, 0.1) is 5.41 Å². The second kappa shape index (κ2) is 6.61. The molecule has 102 valence electrons. The van der Waals surface area contributed by atoms with Gasteiger partial charge in [-0.15, -0.1) is 5.73 Å². The lowest BCUT2D eigenvalue weighted by Gasteiger charge is -2.27. The fourth-order valence-electron chi connectivity index (χ4n) is 1.87. The number of methoxy groups -OCH3 is 2. The number of hydrogen-bond acceptors (Lipinski definition) is 4. The Morgan fingerprint density at radius 1 is 1.26 bits per heavy atom. The van der Waals surface area contributed by atoms with Gasteiger partial charge in [0, 0.05) is 25.4 Å². The van der Waals surface area contributed by atoms with Crippen molar-refractivity contribution in [1.29, 1.82) is 0 Å². The predicted molar refractivity (Wildman–Crippen MR) is 69.2 cm³/mol. The fourth-order valence-corrected chi connectivity index (χ4v) is 1.87. The third kappa shape index (κ3) is 3.14. The lowest BCUT2D eigenvalue weighted by atomic mass is 9.84. The van der Waals surface area contributed by atoms with E-state index >= 15 is 0 Å². The van der Waals surface area contributed by atoms with Gasteiger partial charge in [-0.25, -0.2) is 0 Å². The molecule has 0 aliphatic carbocycles. The summed E-state index contributed by atoms with van der Waals surface area (Å²) in [7, 11) is 2.49. The molecule has 1 heterocycles. The van der Waals surface area contributed by atoms with Crippen molar-refractivity contribution in [3.63, 3.8) is 0 Å². The van der Waals surface area contributed by atoms with E-state index < -0.39 is 17.4 Å². The minimum Gasteiger partial charge on any atom is -0.468 e. The van der Waals surface area contributed by atoms with E-state index in [4.69, 9.17) is 9.47 Å². The Labute approximate surface area is 112 Å². The zero-order valence-electron chi connectivity index (χ0n) is 11.1. The summed E-state index contributed by atoms with van der Waals surface area (Å²) in [4.78, 5) is 24.1. The quantitative estimate of drug-likeness (QED) is 0.444. The number of carbonyl (C=O) groups is 2. The number of rotatable bonds is 6. The highest BCUT2D eigenvalue weighted by Crippen LogP contribution is 2.29. The van der Waals surface area contributed by atoms with Crippen LogP contribution in [-0.4, -0.2) is 30.7 Å². The van der Waals surface area contributed by atoms with Gasteiger partial charge in [0.05, 0.1) is 14.2 Å². The van der Waals surface area contributed by atoms with Crippen molar-refractivity contribution < 1.29 is 19.1 Å². The zero-order valence-corrected chi connectivity index (χ0v) is 11.1. The Bertz CT molecular complexity index is 468. The van der Waals surface area contributed by atoms with E-state index in [1.165, 1.54) is 20.3 Å². The van der Waals surface area contributed by atoms with E-state index in [2.05, 4.69) is 12.3 Å². The van der Waals surface area contributed by atoms with Crippen LogP contribution in [0.3, 0.4) is 0 Å². The Morgan fingerprint density at radius 3 is 2.21 bits per heavy atom.